The van der Waals surface area contributed by atoms with Crippen LogP contribution in [0.3, 0.4) is 0 Å². The first-order valence-corrected chi connectivity index (χ1v) is 6.41. The summed E-state index contributed by atoms with van der Waals surface area (Å²) in [4.78, 5) is 13.6. The molecule has 0 atom stereocenters. The maximum Gasteiger partial charge on any atom is 0.330 e. The first kappa shape index (κ1) is 14.3. The van der Waals surface area contributed by atoms with E-state index in [2.05, 4.69) is 24.8 Å². The SMILES string of the molecule is CCOC(=O)/C=C/c1ccccc1N(CC)CC. The average Bonchev–Trinajstić information content (AvgIpc) is 2.39. The van der Waals surface area contributed by atoms with Gasteiger partial charge >= 0.3 is 5.97 Å². The third-order valence-corrected chi connectivity index (χ3v) is 2.73. The van der Waals surface area contributed by atoms with Crippen molar-refractivity contribution in [1.29, 1.82) is 0 Å². The molecule has 1 rings (SSSR count). The average molecular weight is 247 g/mol. The van der Waals surface area contributed by atoms with Gasteiger partial charge in [0.1, 0.15) is 0 Å². The first-order chi connectivity index (χ1) is 8.72. The van der Waals surface area contributed by atoms with Gasteiger partial charge in [-0.25, -0.2) is 4.79 Å². The smallest absolute Gasteiger partial charge is 0.330 e. The molecule has 0 amide bonds. The molecule has 1 aromatic rings. The van der Waals surface area contributed by atoms with Crippen molar-refractivity contribution in [2.45, 2.75) is 20.8 Å². The van der Waals surface area contributed by atoms with Crippen molar-refractivity contribution in [3.8, 4) is 0 Å². The lowest BCUT2D eigenvalue weighted by Gasteiger charge is -2.23. The monoisotopic (exact) mass is 247 g/mol. The van der Waals surface area contributed by atoms with Gasteiger partial charge in [0, 0.05) is 24.9 Å². The second-order valence-corrected chi connectivity index (χ2v) is 3.82. The van der Waals surface area contributed by atoms with Crippen LogP contribution < -0.4 is 4.90 Å². The summed E-state index contributed by atoms with van der Waals surface area (Å²) in [5.41, 5.74) is 2.18. The van der Waals surface area contributed by atoms with Gasteiger partial charge in [-0.3, -0.25) is 0 Å². The van der Waals surface area contributed by atoms with Gasteiger partial charge in [0.05, 0.1) is 6.61 Å². The summed E-state index contributed by atoms with van der Waals surface area (Å²) in [5, 5.41) is 0. The Morgan fingerprint density at radius 3 is 2.50 bits per heavy atom. The zero-order valence-electron chi connectivity index (χ0n) is 11.3. The number of ether oxygens (including phenoxy) is 1. The second kappa shape index (κ2) is 7.54. The Bertz CT molecular complexity index is 409. The Labute approximate surface area is 109 Å². The van der Waals surface area contributed by atoms with E-state index in [0.29, 0.717) is 6.61 Å². The lowest BCUT2D eigenvalue weighted by molar-refractivity contribution is -0.137. The highest BCUT2D eigenvalue weighted by Gasteiger charge is 2.05. The fraction of sp³-hybridized carbons (Fsp3) is 0.400. The minimum atomic E-state index is -0.299. The van der Waals surface area contributed by atoms with Gasteiger partial charge in [-0.2, -0.15) is 0 Å². The van der Waals surface area contributed by atoms with Crippen LogP contribution >= 0.6 is 0 Å². The van der Waals surface area contributed by atoms with Crippen molar-refractivity contribution in [3.05, 3.63) is 35.9 Å². The van der Waals surface area contributed by atoms with E-state index >= 15 is 0 Å². The quantitative estimate of drug-likeness (QED) is 0.571. The number of hydrogen-bond donors (Lipinski definition) is 0. The van der Waals surface area contributed by atoms with E-state index in [1.807, 2.05) is 24.3 Å². The Kier molecular flexibility index (Phi) is 5.98. The summed E-state index contributed by atoms with van der Waals surface area (Å²) in [6.45, 7) is 8.34. The van der Waals surface area contributed by atoms with Gasteiger partial charge in [-0.1, -0.05) is 18.2 Å². The van der Waals surface area contributed by atoms with E-state index in [9.17, 15) is 4.79 Å². The number of hydrogen-bond acceptors (Lipinski definition) is 3. The fourth-order valence-electron chi connectivity index (χ4n) is 1.83. The van der Waals surface area contributed by atoms with Crippen LogP contribution in [0.25, 0.3) is 6.08 Å². The number of rotatable bonds is 6. The third kappa shape index (κ3) is 3.91. The molecule has 0 bridgehead atoms. The molecule has 3 heteroatoms. The van der Waals surface area contributed by atoms with Crippen molar-refractivity contribution in [1.82, 2.24) is 0 Å². The van der Waals surface area contributed by atoms with Gasteiger partial charge in [0.15, 0.2) is 0 Å². The van der Waals surface area contributed by atoms with Gasteiger partial charge in [-0.05, 0) is 38.5 Å². The van der Waals surface area contributed by atoms with Gasteiger partial charge in [-0.15, -0.1) is 0 Å². The Balaban J connectivity index is 2.91. The van der Waals surface area contributed by atoms with Gasteiger partial charge in [0.2, 0.25) is 0 Å². The van der Waals surface area contributed by atoms with Crippen molar-refractivity contribution in [2.24, 2.45) is 0 Å². The van der Waals surface area contributed by atoms with Crippen LogP contribution in [-0.2, 0) is 9.53 Å². The molecule has 0 unspecified atom stereocenters. The molecule has 1 aromatic carbocycles. The van der Waals surface area contributed by atoms with Crippen molar-refractivity contribution in [2.75, 3.05) is 24.6 Å². The summed E-state index contributed by atoms with van der Waals surface area (Å²) in [6.07, 6.45) is 3.29. The molecule has 0 heterocycles. The zero-order chi connectivity index (χ0) is 13.4. The minimum Gasteiger partial charge on any atom is -0.463 e. The molecular formula is C15H21NO2. The van der Waals surface area contributed by atoms with E-state index < -0.39 is 0 Å². The molecule has 3 nitrogen and oxygen atoms in total. The number of esters is 1. The van der Waals surface area contributed by atoms with E-state index in [4.69, 9.17) is 4.74 Å². The fourth-order valence-corrected chi connectivity index (χ4v) is 1.83. The highest BCUT2D eigenvalue weighted by molar-refractivity contribution is 5.88. The molecule has 0 N–H and O–H groups in total. The van der Waals surface area contributed by atoms with Crippen LogP contribution in [0.4, 0.5) is 5.69 Å². The van der Waals surface area contributed by atoms with Gasteiger partial charge < -0.3 is 9.64 Å². The maximum absolute atomic E-state index is 11.3. The molecule has 0 radical (unpaired) electrons. The highest BCUT2D eigenvalue weighted by atomic mass is 16.5. The number of carbonyl (C=O) groups excluding carboxylic acids is 1. The van der Waals surface area contributed by atoms with Crippen LogP contribution in [0.2, 0.25) is 0 Å². The number of carbonyl (C=O) groups is 1. The van der Waals surface area contributed by atoms with Crippen molar-refractivity contribution in [3.63, 3.8) is 0 Å². The second-order valence-electron chi connectivity index (χ2n) is 3.82. The number of anilines is 1. The van der Waals surface area contributed by atoms with Crippen LogP contribution in [0, 0.1) is 0 Å². The van der Waals surface area contributed by atoms with Crippen LogP contribution in [0.15, 0.2) is 30.3 Å². The summed E-state index contributed by atoms with van der Waals surface area (Å²) in [7, 11) is 0. The predicted octanol–water partition coefficient (Wildman–Crippen LogP) is 3.11. The van der Waals surface area contributed by atoms with Crippen LogP contribution in [0.1, 0.15) is 26.3 Å². The first-order valence-electron chi connectivity index (χ1n) is 6.41. The largest absolute Gasteiger partial charge is 0.463 e. The third-order valence-electron chi connectivity index (χ3n) is 2.73. The summed E-state index contributed by atoms with van der Waals surface area (Å²) in [5.74, 6) is -0.299. The Morgan fingerprint density at radius 1 is 1.22 bits per heavy atom. The highest BCUT2D eigenvalue weighted by Crippen LogP contribution is 2.21. The molecule has 0 aliphatic rings. The molecule has 0 aromatic heterocycles. The molecule has 0 spiro atoms. The summed E-state index contributed by atoms with van der Waals surface area (Å²) >= 11 is 0. The standard InChI is InChI=1S/C15H21NO2/c1-4-16(5-2)14-10-8-7-9-13(14)11-12-15(17)18-6-3/h7-12H,4-6H2,1-3H3/b12-11+. The Hall–Kier alpha value is -1.77. The summed E-state index contributed by atoms with van der Waals surface area (Å²) < 4.78 is 4.88. The van der Waals surface area contributed by atoms with Crippen LogP contribution in [-0.4, -0.2) is 25.7 Å². The molecule has 0 aliphatic carbocycles. The lowest BCUT2D eigenvalue weighted by atomic mass is 10.1. The molecule has 0 saturated heterocycles. The van der Waals surface area contributed by atoms with Crippen molar-refractivity contribution >= 4 is 17.7 Å². The van der Waals surface area contributed by atoms with E-state index in [0.717, 1.165) is 24.3 Å². The molecule has 98 valence electrons. The number of benzene rings is 1. The lowest BCUT2D eigenvalue weighted by Crippen LogP contribution is -2.22. The normalized spacial score (nSPS) is 10.6. The van der Waals surface area contributed by atoms with E-state index in [-0.39, 0.29) is 5.97 Å². The van der Waals surface area contributed by atoms with Crippen LogP contribution in [0.5, 0.6) is 0 Å². The number of para-hydroxylation sites is 1. The van der Waals surface area contributed by atoms with E-state index in [1.165, 1.54) is 6.08 Å². The minimum absolute atomic E-state index is 0.299. The molecule has 0 fully saturated rings. The Morgan fingerprint density at radius 2 is 1.89 bits per heavy atom. The molecule has 0 saturated carbocycles. The maximum atomic E-state index is 11.3. The summed E-state index contributed by atoms with van der Waals surface area (Å²) in [6, 6.07) is 8.05. The van der Waals surface area contributed by atoms with Crippen molar-refractivity contribution < 1.29 is 9.53 Å². The topological polar surface area (TPSA) is 29.5 Å². The molecular weight excluding hydrogens is 226 g/mol. The van der Waals surface area contributed by atoms with E-state index in [1.54, 1.807) is 6.92 Å². The molecule has 0 aliphatic heterocycles. The predicted molar refractivity (Wildman–Crippen MR) is 75.7 cm³/mol. The molecule has 18 heavy (non-hydrogen) atoms. The zero-order valence-corrected chi connectivity index (χ0v) is 11.3. The number of nitrogens with zero attached hydrogens (tertiary/aromatic N) is 1. The van der Waals surface area contributed by atoms with Gasteiger partial charge in [0.25, 0.3) is 0 Å².